The largest absolute Gasteiger partial charge is 0.378 e. The Kier molecular flexibility index (Phi) is 10.3. The maximum Gasteiger partial charge on any atom is 0.232 e. The molecule has 0 amide bonds. The summed E-state index contributed by atoms with van der Waals surface area (Å²) in [6, 6.07) is 20.9. The monoisotopic (exact) mass is 491 g/mol. The maximum atomic E-state index is 5.65. The van der Waals surface area contributed by atoms with Gasteiger partial charge >= 0.3 is 0 Å². The summed E-state index contributed by atoms with van der Waals surface area (Å²) >= 11 is 0. The van der Waals surface area contributed by atoms with E-state index in [1.807, 2.05) is 12.1 Å². The fourth-order valence-corrected chi connectivity index (χ4v) is 4.08. The van der Waals surface area contributed by atoms with Crippen LogP contribution in [0.15, 0.2) is 60.7 Å². The van der Waals surface area contributed by atoms with Crippen LogP contribution in [0.25, 0.3) is 0 Å². The van der Waals surface area contributed by atoms with Crippen LogP contribution in [0.5, 0.6) is 0 Å². The van der Waals surface area contributed by atoms with E-state index in [9.17, 15) is 0 Å². The highest BCUT2D eigenvalue weighted by Gasteiger charge is 2.20. The molecular weight excluding hydrogens is 454 g/mol. The molecular formula is C27H37N7O2. The van der Waals surface area contributed by atoms with Gasteiger partial charge in [0.15, 0.2) is 0 Å². The van der Waals surface area contributed by atoms with Crippen LogP contribution in [0, 0.1) is 0 Å². The number of nitrogens with one attached hydrogen (secondary N) is 1. The fraction of sp³-hybridized carbons (Fsp3) is 0.444. The summed E-state index contributed by atoms with van der Waals surface area (Å²) in [6.45, 7) is 6.60. The summed E-state index contributed by atoms with van der Waals surface area (Å²) in [5, 5.41) is 3.33. The second-order valence-electron chi connectivity index (χ2n) is 8.72. The molecule has 1 aliphatic rings. The van der Waals surface area contributed by atoms with Crippen molar-refractivity contribution in [3.8, 4) is 0 Å². The summed E-state index contributed by atoms with van der Waals surface area (Å²) in [6.07, 6.45) is 2.31. The van der Waals surface area contributed by atoms with Gasteiger partial charge in [0.1, 0.15) is 0 Å². The van der Waals surface area contributed by atoms with E-state index in [4.69, 9.17) is 30.2 Å². The van der Waals surface area contributed by atoms with Crippen LogP contribution >= 0.6 is 0 Å². The molecule has 0 atom stereocenters. The average molecular weight is 492 g/mol. The van der Waals surface area contributed by atoms with Gasteiger partial charge in [0.25, 0.3) is 0 Å². The standard InChI is InChI=1S/C27H37N7O2/c28-13-17-35-19-20-36-18-14-29-25-30-26(33-15-7-8-16-33)32-27(31-25)34(21-23-9-3-1-4-10-23)22-24-11-5-2-6-12-24/h1-6,9-12H,7-8,13-22,28H2,(H,29,30,31,32). The number of anilines is 3. The molecule has 0 radical (unpaired) electrons. The molecule has 0 spiro atoms. The van der Waals surface area contributed by atoms with E-state index >= 15 is 0 Å². The minimum atomic E-state index is 0.522. The predicted octanol–water partition coefficient (Wildman–Crippen LogP) is 3.08. The Labute approximate surface area is 213 Å². The highest BCUT2D eigenvalue weighted by atomic mass is 16.5. The molecule has 0 saturated carbocycles. The van der Waals surface area contributed by atoms with Crippen molar-refractivity contribution < 1.29 is 9.47 Å². The van der Waals surface area contributed by atoms with Crippen LogP contribution < -0.4 is 20.9 Å². The van der Waals surface area contributed by atoms with Crippen molar-refractivity contribution in [3.05, 3.63) is 71.8 Å². The van der Waals surface area contributed by atoms with Crippen LogP contribution in [-0.4, -0.2) is 67.6 Å². The Balaban J connectivity index is 1.50. The highest BCUT2D eigenvalue weighted by Crippen LogP contribution is 2.23. The zero-order chi connectivity index (χ0) is 24.8. The van der Waals surface area contributed by atoms with Crippen LogP contribution in [0.4, 0.5) is 17.8 Å². The first-order valence-corrected chi connectivity index (χ1v) is 12.7. The molecule has 3 N–H and O–H groups in total. The van der Waals surface area contributed by atoms with Gasteiger partial charge in [0, 0.05) is 39.3 Å². The summed E-state index contributed by atoms with van der Waals surface area (Å²) in [7, 11) is 0. The van der Waals surface area contributed by atoms with Gasteiger partial charge in [0.05, 0.1) is 26.4 Å². The van der Waals surface area contributed by atoms with Crippen LogP contribution in [0.3, 0.4) is 0 Å². The van der Waals surface area contributed by atoms with Crippen molar-refractivity contribution in [2.75, 3.05) is 67.7 Å². The molecule has 2 heterocycles. The number of nitrogens with two attached hydrogens (primary N) is 1. The smallest absolute Gasteiger partial charge is 0.232 e. The summed E-state index contributed by atoms with van der Waals surface area (Å²) in [5.74, 6) is 1.96. The fourth-order valence-electron chi connectivity index (χ4n) is 4.08. The van der Waals surface area contributed by atoms with E-state index in [0.717, 1.165) is 31.9 Å². The number of rotatable bonds is 15. The molecule has 1 aromatic heterocycles. The number of ether oxygens (including phenoxy) is 2. The van der Waals surface area contributed by atoms with Crippen molar-refractivity contribution in [1.29, 1.82) is 0 Å². The van der Waals surface area contributed by atoms with E-state index in [1.54, 1.807) is 0 Å². The van der Waals surface area contributed by atoms with Crippen molar-refractivity contribution >= 4 is 17.8 Å². The molecule has 1 aliphatic heterocycles. The van der Waals surface area contributed by atoms with Crippen LogP contribution in [-0.2, 0) is 22.6 Å². The lowest BCUT2D eigenvalue weighted by molar-refractivity contribution is 0.0547. The van der Waals surface area contributed by atoms with E-state index in [2.05, 4.69) is 63.6 Å². The van der Waals surface area contributed by atoms with Crippen molar-refractivity contribution in [2.45, 2.75) is 25.9 Å². The zero-order valence-electron chi connectivity index (χ0n) is 20.9. The molecule has 9 nitrogen and oxygen atoms in total. The van der Waals surface area contributed by atoms with Gasteiger partial charge in [-0.1, -0.05) is 60.7 Å². The highest BCUT2D eigenvalue weighted by molar-refractivity contribution is 5.46. The second kappa shape index (κ2) is 14.3. The Morgan fingerprint density at radius 1 is 0.778 bits per heavy atom. The number of hydrogen-bond acceptors (Lipinski definition) is 9. The van der Waals surface area contributed by atoms with Gasteiger partial charge in [-0.2, -0.15) is 15.0 Å². The van der Waals surface area contributed by atoms with Crippen molar-refractivity contribution in [3.63, 3.8) is 0 Å². The van der Waals surface area contributed by atoms with Crippen LogP contribution in [0.2, 0.25) is 0 Å². The quantitative estimate of drug-likeness (QED) is 0.311. The molecule has 0 aliphatic carbocycles. The average Bonchev–Trinajstić information content (AvgIpc) is 3.46. The maximum absolute atomic E-state index is 5.65. The Hall–Kier alpha value is -3.27. The Morgan fingerprint density at radius 2 is 1.39 bits per heavy atom. The van der Waals surface area contributed by atoms with Gasteiger partial charge in [-0.25, -0.2) is 0 Å². The molecule has 2 aromatic carbocycles. The summed E-state index contributed by atoms with van der Waals surface area (Å²) < 4.78 is 11.0. The first kappa shape index (κ1) is 25.8. The molecule has 36 heavy (non-hydrogen) atoms. The lowest BCUT2D eigenvalue weighted by Crippen LogP contribution is -2.28. The molecule has 1 saturated heterocycles. The third-order valence-electron chi connectivity index (χ3n) is 5.88. The minimum absolute atomic E-state index is 0.522. The Bertz CT molecular complexity index is 976. The molecule has 0 bridgehead atoms. The van der Waals surface area contributed by atoms with Crippen molar-refractivity contribution in [2.24, 2.45) is 5.73 Å². The van der Waals surface area contributed by atoms with Crippen molar-refractivity contribution in [1.82, 2.24) is 15.0 Å². The summed E-state index contributed by atoms with van der Waals surface area (Å²) in [4.78, 5) is 18.9. The Morgan fingerprint density at radius 3 is 2.00 bits per heavy atom. The van der Waals surface area contributed by atoms with Gasteiger partial charge in [-0.3, -0.25) is 0 Å². The number of nitrogens with zero attached hydrogens (tertiary/aromatic N) is 5. The third kappa shape index (κ3) is 8.15. The molecule has 4 rings (SSSR count). The molecule has 3 aromatic rings. The topological polar surface area (TPSA) is 102 Å². The van der Waals surface area contributed by atoms with Gasteiger partial charge < -0.3 is 30.3 Å². The molecule has 1 fully saturated rings. The van der Waals surface area contributed by atoms with Gasteiger partial charge in [-0.05, 0) is 24.0 Å². The van der Waals surface area contributed by atoms with E-state index in [-0.39, 0.29) is 0 Å². The predicted molar refractivity (Wildman–Crippen MR) is 143 cm³/mol. The third-order valence-corrected chi connectivity index (χ3v) is 5.88. The number of benzene rings is 2. The molecule has 192 valence electrons. The number of aromatic nitrogens is 3. The first-order chi connectivity index (χ1) is 17.8. The van der Waals surface area contributed by atoms with Crippen LogP contribution in [0.1, 0.15) is 24.0 Å². The SMILES string of the molecule is NCCOCCOCCNc1nc(N2CCCC2)nc(N(Cc2ccccc2)Cc2ccccc2)n1. The zero-order valence-corrected chi connectivity index (χ0v) is 20.9. The lowest BCUT2D eigenvalue weighted by atomic mass is 10.2. The normalized spacial score (nSPS) is 13.2. The van der Waals surface area contributed by atoms with Gasteiger partial charge in [-0.15, -0.1) is 0 Å². The number of hydrogen-bond donors (Lipinski definition) is 2. The first-order valence-electron chi connectivity index (χ1n) is 12.7. The summed E-state index contributed by atoms with van der Waals surface area (Å²) in [5.41, 5.74) is 7.84. The lowest BCUT2D eigenvalue weighted by Gasteiger charge is -2.25. The van der Waals surface area contributed by atoms with E-state index in [1.165, 1.54) is 11.1 Å². The van der Waals surface area contributed by atoms with E-state index in [0.29, 0.717) is 64.5 Å². The minimum Gasteiger partial charge on any atom is -0.378 e. The van der Waals surface area contributed by atoms with Gasteiger partial charge in [0.2, 0.25) is 17.8 Å². The molecule has 9 heteroatoms. The van der Waals surface area contributed by atoms with E-state index < -0.39 is 0 Å². The molecule has 0 unspecified atom stereocenters. The second-order valence-corrected chi connectivity index (χ2v) is 8.72.